The zero-order valence-corrected chi connectivity index (χ0v) is 16.1. The van der Waals surface area contributed by atoms with Gasteiger partial charge in [0.1, 0.15) is 0 Å². The second-order valence-corrected chi connectivity index (χ2v) is 8.78. The molecule has 0 N–H and O–H groups in total. The third kappa shape index (κ3) is 5.17. The predicted octanol–water partition coefficient (Wildman–Crippen LogP) is 1.33. The van der Waals surface area contributed by atoms with Gasteiger partial charge < -0.3 is 9.64 Å². The van der Waals surface area contributed by atoms with Gasteiger partial charge in [-0.25, -0.2) is 8.42 Å². The van der Waals surface area contributed by atoms with E-state index >= 15 is 0 Å². The molecule has 2 fully saturated rings. The molecule has 0 radical (unpaired) electrons. The summed E-state index contributed by atoms with van der Waals surface area (Å²) in [6.07, 6.45) is 2.38. The van der Waals surface area contributed by atoms with Gasteiger partial charge in [-0.15, -0.1) is 0 Å². The van der Waals surface area contributed by atoms with Crippen LogP contribution in [0, 0.1) is 11.8 Å². The van der Waals surface area contributed by atoms with Gasteiger partial charge in [0.15, 0.2) is 6.61 Å². The SMILES string of the molecule is C[C@H]1C[C@@H]1C(=O)OCC(=O)N1CCN(S(=O)(=O)/C=C/c2ccccc2)CC1. The van der Waals surface area contributed by atoms with Crippen LogP contribution in [0.3, 0.4) is 0 Å². The van der Waals surface area contributed by atoms with E-state index in [2.05, 4.69) is 0 Å². The second-order valence-electron chi connectivity index (χ2n) is 6.97. The predicted molar refractivity (Wildman–Crippen MR) is 101 cm³/mol. The average molecular weight is 392 g/mol. The van der Waals surface area contributed by atoms with E-state index in [9.17, 15) is 18.0 Å². The Morgan fingerprint density at radius 3 is 2.37 bits per heavy atom. The number of nitrogens with zero attached hydrogens (tertiary/aromatic N) is 2. The fourth-order valence-corrected chi connectivity index (χ4v) is 4.16. The van der Waals surface area contributed by atoms with Gasteiger partial charge in [-0.2, -0.15) is 4.31 Å². The van der Waals surface area contributed by atoms with Crippen molar-refractivity contribution in [1.82, 2.24) is 9.21 Å². The van der Waals surface area contributed by atoms with Crippen LogP contribution >= 0.6 is 0 Å². The van der Waals surface area contributed by atoms with Crippen molar-refractivity contribution >= 4 is 28.0 Å². The molecule has 1 amide bonds. The quantitative estimate of drug-likeness (QED) is 0.682. The normalized spacial score (nSPS) is 23.4. The first kappa shape index (κ1) is 19.6. The Hall–Kier alpha value is -2.19. The fourth-order valence-electron chi connectivity index (χ4n) is 2.99. The number of piperazine rings is 1. The molecule has 1 aromatic rings. The smallest absolute Gasteiger partial charge is 0.309 e. The van der Waals surface area contributed by atoms with E-state index in [1.54, 1.807) is 6.08 Å². The lowest BCUT2D eigenvalue weighted by Gasteiger charge is -2.33. The number of hydrogen-bond acceptors (Lipinski definition) is 5. The van der Waals surface area contributed by atoms with Crippen molar-refractivity contribution < 1.29 is 22.7 Å². The highest BCUT2D eigenvalue weighted by molar-refractivity contribution is 7.92. The Morgan fingerprint density at radius 2 is 1.78 bits per heavy atom. The zero-order valence-electron chi connectivity index (χ0n) is 15.3. The van der Waals surface area contributed by atoms with Gasteiger partial charge in [-0.05, 0) is 24.0 Å². The number of carbonyl (C=O) groups excluding carboxylic acids is 2. The summed E-state index contributed by atoms with van der Waals surface area (Å²) in [7, 11) is -3.54. The zero-order chi connectivity index (χ0) is 19.4. The van der Waals surface area contributed by atoms with E-state index < -0.39 is 10.0 Å². The van der Waals surface area contributed by atoms with E-state index in [1.165, 1.54) is 14.6 Å². The van der Waals surface area contributed by atoms with Gasteiger partial charge in [0.25, 0.3) is 5.91 Å². The van der Waals surface area contributed by atoms with Crippen molar-refractivity contribution in [3.63, 3.8) is 0 Å². The molecular formula is C19H24N2O5S. The van der Waals surface area contributed by atoms with Gasteiger partial charge >= 0.3 is 5.97 Å². The molecule has 1 aliphatic carbocycles. The highest BCUT2D eigenvalue weighted by Gasteiger charge is 2.41. The van der Waals surface area contributed by atoms with Crippen LogP contribution in [0.5, 0.6) is 0 Å². The first-order valence-electron chi connectivity index (χ1n) is 9.04. The summed E-state index contributed by atoms with van der Waals surface area (Å²) >= 11 is 0. The Morgan fingerprint density at radius 1 is 1.15 bits per heavy atom. The molecule has 2 atom stereocenters. The van der Waals surface area contributed by atoms with Gasteiger partial charge in [-0.3, -0.25) is 9.59 Å². The fraction of sp³-hybridized carbons (Fsp3) is 0.474. The summed E-state index contributed by atoms with van der Waals surface area (Å²) < 4.78 is 31.3. The molecule has 146 valence electrons. The summed E-state index contributed by atoms with van der Waals surface area (Å²) in [5, 5.41) is 1.19. The molecular weight excluding hydrogens is 368 g/mol. The topological polar surface area (TPSA) is 84.0 Å². The third-order valence-corrected chi connectivity index (χ3v) is 6.50. The number of hydrogen-bond donors (Lipinski definition) is 0. The van der Waals surface area contributed by atoms with Crippen molar-refractivity contribution in [1.29, 1.82) is 0 Å². The molecule has 2 aliphatic rings. The number of amides is 1. The maximum Gasteiger partial charge on any atom is 0.309 e. The van der Waals surface area contributed by atoms with E-state index in [-0.39, 0.29) is 50.6 Å². The Bertz CT molecular complexity index is 814. The van der Waals surface area contributed by atoms with E-state index in [0.717, 1.165) is 12.0 Å². The van der Waals surface area contributed by atoms with Crippen molar-refractivity contribution in [2.45, 2.75) is 13.3 Å². The van der Waals surface area contributed by atoms with Crippen LogP contribution in [0.15, 0.2) is 35.7 Å². The highest BCUT2D eigenvalue weighted by atomic mass is 32.2. The summed E-state index contributed by atoms with van der Waals surface area (Å²) in [5.74, 6) is -0.335. The van der Waals surface area contributed by atoms with Crippen LogP contribution in [0.25, 0.3) is 6.08 Å². The van der Waals surface area contributed by atoms with E-state index in [4.69, 9.17) is 4.74 Å². The highest BCUT2D eigenvalue weighted by Crippen LogP contribution is 2.38. The lowest BCUT2D eigenvalue weighted by molar-refractivity contribution is -0.153. The molecule has 1 aromatic carbocycles. The molecule has 0 unspecified atom stereocenters. The minimum Gasteiger partial charge on any atom is -0.455 e. The minimum atomic E-state index is -3.54. The molecule has 0 bridgehead atoms. The number of carbonyl (C=O) groups is 2. The summed E-state index contributed by atoms with van der Waals surface area (Å²) in [6.45, 7) is 2.72. The Kier molecular flexibility index (Phi) is 5.96. The summed E-state index contributed by atoms with van der Waals surface area (Å²) in [6, 6.07) is 9.20. The molecule has 1 saturated carbocycles. The molecule has 8 heteroatoms. The van der Waals surface area contributed by atoms with Crippen molar-refractivity contribution in [3.8, 4) is 0 Å². The average Bonchev–Trinajstić information content (AvgIpc) is 3.42. The number of sulfonamides is 1. The Labute approximate surface area is 159 Å². The van der Waals surface area contributed by atoms with Crippen molar-refractivity contribution in [2.24, 2.45) is 11.8 Å². The van der Waals surface area contributed by atoms with Gasteiger partial charge in [0.2, 0.25) is 10.0 Å². The minimum absolute atomic E-state index is 0.0730. The molecule has 0 spiro atoms. The monoisotopic (exact) mass is 392 g/mol. The van der Waals surface area contributed by atoms with Crippen LogP contribution in [0.1, 0.15) is 18.9 Å². The van der Waals surface area contributed by atoms with E-state index in [1.807, 2.05) is 37.3 Å². The molecule has 1 heterocycles. The maximum absolute atomic E-state index is 12.4. The van der Waals surface area contributed by atoms with Crippen LogP contribution in [0.4, 0.5) is 0 Å². The van der Waals surface area contributed by atoms with Crippen LogP contribution in [-0.2, 0) is 24.3 Å². The number of esters is 1. The van der Waals surface area contributed by atoms with Crippen LogP contribution in [-0.4, -0.2) is 62.3 Å². The third-order valence-electron chi connectivity index (χ3n) is 4.93. The van der Waals surface area contributed by atoms with Gasteiger partial charge in [0.05, 0.1) is 5.92 Å². The summed E-state index contributed by atoms with van der Waals surface area (Å²) in [4.78, 5) is 25.4. The molecule has 7 nitrogen and oxygen atoms in total. The van der Waals surface area contributed by atoms with Gasteiger partial charge in [-0.1, -0.05) is 37.3 Å². The number of ether oxygens (including phenoxy) is 1. The molecule has 3 rings (SSSR count). The largest absolute Gasteiger partial charge is 0.455 e. The maximum atomic E-state index is 12.4. The Balaban J connectivity index is 1.47. The number of rotatable bonds is 6. The summed E-state index contributed by atoms with van der Waals surface area (Å²) in [5.41, 5.74) is 0.807. The molecule has 0 aromatic heterocycles. The van der Waals surface area contributed by atoms with Crippen molar-refractivity contribution in [3.05, 3.63) is 41.3 Å². The first-order valence-corrected chi connectivity index (χ1v) is 10.5. The van der Waals surface area contributed by atoms with Crippen LogP contribution < -0.4 is 0 Å². The molecule has 1 saturated heterocycles. The standard InChI is InChI=1S/C19H24N2O5S/c1-15-13-17(15)19(23)26-14-18(22)20-8-10-21(11-9-20)27(24,25)12-7-16-5-3-2-4-6-16/h2-7,12,15,17H,8-11,13-14H2,1H3/b12-7+/t15-,17-/m0/s1. The second kappa shape index (κ2) is 8.22. The van der Waals surface area contributed by atoms with Gasteiger partial charge in [0, 0.05) is 31.6 Å². The lowest BCUT2D eigenvalue weighted by Crippen LogP contribution is -2.51. The lowest BCUT2D eigenvalue weighted by atomic mass is 10.2. The number of benzene rings is 1. The van der Waals surface area contributed by atoms with E-state index in [0.29, 0.717) is 5.92 Å². The van der Waals surface area contributed by atoms with Crippen molar-refractivity contribution in [2.75, 3.05) is 32.8 Å². The molecule has 1 aliphatic heterocycles. The van der Waals surface area contributed by atoms with Crippen LogP contribution in [0.2, 0.25) is 0 Å². The first-order chi connectivity index (χ1) is 12.9. The molecule has 27 heavy (non-hydrogen) atoms.